The van der Waals surface area contributed by atoms with Gasteiger partial charge in [-0.2, -0.15) is 5.53 Å². The van der Waals surface area contributed by atoms with Crippen molar-refractivity contribution in [3.05, 3.63) is 35.9 Å². The zero-order valence-corrected chi connectivity index (χ0v) is 17.4. The molecule has 4 aliphatic heterocycles. The molecule has 6 rings (SSSR count). The lowest BCUT2D eigenvalue weighted by Crippen LogP contribution is -2.52. The van der Waals surface area contributed by atoms with Gasteiger partial charge in [0.15, 0.2) is 0 Å². The molecule has 29 heavy (non-hydrogen) atoms. The van der Waals surface area contributed by atoms with Crippen molar-refractivity contribution in [1.82, 2.24) is 26.2 Å². The number of hydrogen-bond donors (Lipinski definition) is 3. The Kier molecular flexibility index (Phi) is 5.86. The van der Waals surface area contributed by atoms with Crippen molar-refractivity contribution in [2.75, 3.05) is 26.2 Å². The molecular formula is C23H35N5O. The van der Waals surface area contributed by atoms with E-state index in [9.17, 15) is 4.79 Å². The van der Waals surface area contributed by atoms with Crippen molar-refractivity contribution in [2.24, 2.45) is 11.8 Å². The Morgan fingerprint density at radius 1 is 0.966 bits per heavy atom. The molecule has 6 nitrogen and oxygen atoms in total. The Bertz CT molecular complexity index is 698. The van der Waals surface area contributed by atoms with Gasteiger partial charge in [0.05, 0.1) is 0 Å². The Morgan fingerprint density at radius 3 is 2.72 bits per heavy atom. The Labute approximate surface area is 174 Å². The van der Waals surface area contributed by atoms with Crippen LogP contribution in [0.3, 0.4) is 0 Å². The second kappa shape index (κ2) is 8.72. The highest BCUT2D eigenvalue weighted by Gasteiger charge is 2.42. The number of nitrogens with one attached hydrogen (secondary N) is 3. The maximum atomic E-state index is 13.4. The first-order valence-corrected chi connectivity index (χ1v) is 11.6. The van der Waals surface area contributed by atoms with Gasteiger partial charge in [-0.15, -0.1) is 0 Å². The van der Waals surface area contributed by atoms with E-state index < -0.39 is 0 Å². The molecule has 1 aromatic carbocycles. The summed E-state index contributed by atoms with van der Waals surface area (Å²) >= 11 is 0. The fourth-order valence-corrected chi connectivity index (χ4v) is 5.97. The number of aryl methyl sites for hydroxylation is 1. The van der Waals surface area contributed by atoms with Crippen molar-refractivity contribution in [3.63, 3.8) is 0 Å². The third-order valence-corrected chi connectivity index (χ3v) is 7.57. The molecule has 3 unspecified atom stereocenters. The van der Waals surface area contributed by atoms with Crippen LogP contribution in [0.1, 0.15) is 44.1 Å². The third-order valence-electron chi connectivity index (χ3n) is 7.57. The van der Waals surface area contributed by atoms with E-state index in [1.807, 2.05) is 0 Å². The van der Waals surface area contributed by atoms with Gasteiger partial charge in [-0.1, -0.05) is 30.3 Å². The highest BCUT2D eigenvalue weighted by Crippen LogP contribution is 2.33. The van der Waals surface area contributed by atoms with Crippen LogP contribution >= 0.6 is 0 Å². The summed E-state index contributed by atoms with van der Waals surface area (Å²) in [7, 11) is 0. The van der Waals surface area contributed by atoms with Crippen LogP contribution in [0.25, 0.3) is 0 Å². The van der Waals surface area contributed by atoms with Crippen LogP contribution in [-0.2, 0) is 11.2 Å². The molecule has 0 spiro atoms. The number of hydrogen-bond acceptors (Lipinski definition) is 5. The van der Waals surface area contributed by atoms with Crippen LogP contribution in [-0.4, -0.2) is 60.0 Å². The number of nitrogens with zero attached hydrogens (tertiary/aromatic N) is 2. The fourth-order valence-electron chi connectivity index (χ4n) is 5.97. The topological polar surface area (TPSA) is 59.6 Å². The summed E-state index contributed by atoms with van der Waals surface area (Å²) in [6.45, 7) is 4.36. The number of amides is 1. The van der Waals surface area contributed by atoms with Crippen molar-refractivity contribution < 1.29 is 4.79 Å². The lowest BCUT2D eigenvalue weighted by Gasteiger charge is -2.40. The molecule has 4 saturated heterocycles. The predicted molar refractivity (Wildman–Crippen MR) is 114 cm³/mol. The Morgan fingerprint density at radius 2 is 1.83 bits per heavy atom. The van der Waals surface area contributed by atoms with Gasteiger partial charge >= 0.3 is 0 Å². The molecule has 4 heterocycles. The number of piperidine rings is 1. The van der Waals surface area contributed by atoms with Gasteiger partial charge < -0.3 is 9.80 Å². The van der Waals surface area contributed by atoms with E-state index in [1.165, 1.54) is 31.4 Å². The van der Waals surface area contributed by atoms with Gasteiger partial charge in [-0.05, 0) is 63.0 Å². The van der Waals surface area contributed by atoms with Gasteiger partial charge in [-0.25, -0.2) is 10.9 Å². The van der Waals surface area contributed by atoms with E-state index in [0.717, 1.165) is 45.3 Å². The number of rotatable bonds is 5. The molecule has 2 bridgehead atoms. The molecule has 0 aromatic heterocycles. The maximum absolute atomic E-state index is 13.4. The zero-order valence-electron chi connectivity index (χ0n) is 17.4. The first kappa shape index (κ1) is 19.5. The molecule has 6 heteroatoms. The average molecular weight is 398 g/mol. The zero-order chi connectivity index (χ0) is 19.6. The third kappa shape index (κ3) is 4.36. The van der Waals surface area contributed by atoms with Crippen LogP contribution in [0, 0.1) is 11.8 Å². The minimum atomic E-state index is 0.191. The highest BCUT2D eigenvalue weighted by molar-refractivity contribution is 5.79. The van der Waals surface area contributed by atoms with Crippen molar-refractivity contribution >= 4 is 5.91 Å². The summed E-state index contributed by atoms with van der Waals surface area (Å²) in [6, 6.07) is 12.1. The molecular weight excluding hydrogens is 362 g/mol. The molecule has 158 valence electrons. The van der Waals surface area contributed by atoms with Crippen LogP contribution in [0.5, 0.6) is 0 Å². The number of benzene rings is 1. The SMILES string of the molecule is O=C(C1CCC2NNNC2C1)N1C[C@H]2CC[C@@H]1CN(CCCc1ccccc1)C2. The van der Waals surface area contributed by atoms with Crippen LogP contribution in [0.2, 0.25) is 0 Å². The van der Waals surface area contributed by atoms with Gasteiger partial charge in [0, 0.05) is 43.7 Å². The van der Waals surface area contributed by atoms with Crippen molar-refractivity contribution in [3.8, 4) is 0 Å². The second-order valence-corrected chi connectivity index (χ2v) is 9.57. The molecule has 1 amide bonds. The second-order valence-electron chi connectivity index (χ2n) is 9.57. The molecule has 3 N–H and O–H groups in total. The van der Waals surface area contributed by atoms with Gasteiger partial charge in [0.25, 0.3) is 0 Å². The predicted octanol–water partition coefficient (Wildman–Crippen LogP) is 1.69. The Balaban J connectivity index is 1.16. The summed E-state index contributed by atoms with van der Waals surface area (Å²) < 4.78 is 0. The monoisotopic (exact) mass is 397 g/mol. The minimum absolute atomic E-state index is 0.191. The lowest BCUT2D eigenvalue weighted by atomic mass is 9.81. The van der Waals surface area contributed by atoms with E-state index >= 15 is 0 Å². The van der Waals surface area contributed by atoms with Gasteiger partial charge in [-0.3, -0.25) is 4.79 Å². The molecule has 5 fully saturated rings. The summed E-state index contributed by atoms with van der Waals surface area (Å²) in [4.78, 5) is 18.4. The van der Waals surface area contributed by atoms with Crippen LogP contribution in [0.4, 0.5) is 0 Å². The largest absolute Gasteiger partial charge is 0.338 e. The standard InChI is InChI=1S/C23H35N5O/c29-23(19-9-11-21-22(13-19)25-26-24-21)28-15-18-8-10-20(28)16-27(14-18)12-4-7-17-5-2-1-3-6-17/h1-3,5-6,18-22,24-26H,4,7-16H2/t18-,19?,20+,21?,22?/m0/s1. The number of carbonyl (C=O) groups is 1. The van der Waals surface area contributed by atoms with Crippen molar-refractivity contribution in [1.29, 1.82) is 0 Å². The average Bonchev–Trinajstić information content (AvgIpc) is 3.05. The minimum Gasteiger partial charge on any atom is -0.338 e. The van der Waals surface area contributed by atoms with E-state index in [-0.39, 0.29) is 5.92 Å². The molecule has 1 aromatic rings. The first-order valence-electron chi connectivity index (χ1n) is 11.6. The molecule has 5 aliphatic rings. The summed E-state index contributed by atoms with van der Waals surface area (Å²) in [6.07, 6.45) is 7.88. The van der Waals surface area contributed by atoms with Crippen LogP contribution < -0.4 is 16.4 Å². The Hall–Kier alpha value is -1.47. The quantitative estimate of drug-likeness (QED) is 0.706. The van der Waals surface area contributed by atoms with E-state index in [2.05, 4.69) is 56.5 Å². The van der Waals surface area contributed by atoms with E-state index in [0.29, 0.717) is 30.0 Å². The molecule has 1 aliphatic carbocycles. The number of fused-ring (bicyclic) bond motifs is 5. The normalized spacial score (nSPS) is 34.8. The van der Waals surface area contributed by atoms with Gasteiger partial charge in [0.2, 0.25) is 5.91 Å². The molecule has 1 saturated carbocycles. The maximum Gasteiger partial charge on any atom is 0.226 e. The van der Waals surface area contributed by atoms with E-state index in [4.69, 9.17) is 0 Å². The smallest absolute Gasteiger partial charge is 0.226 e. The highest BCUT2D eigenvalue weighted by atomic mass is 16.2. The van der Waals surface area contributed by atoms with E-state index in [1.54, 1.807) is 0 Å². The van der Waals surface area contributed by atoms with Crippen molar-refractivity contribution in [2.45, 2.75) is 63.1 Å². The first-order chi connectivity index (χ1) is 14.3. The summed E-state index contributed by atoms with van der Waals surface area (Å²) in [5.41, 5.74) is 11.1. The summed E-state index contributed by atoms with van der Waals surface area (Å²) in [5.74, 6) is 1.27. The van der Waals surface area contributed by atoms with Crippen LogP contribution in [0.15, 0.2) is 30.3 Å². The summed E-state index contributed by atoms with van der Waals surface area (Å²) in [5, 5.41) is 0. The fraction of sp³-hybridized carbons (Fsp3) is 0.696. The molecule has 5 atom stereocenters. The van der Waals surface area contributed by atoms with Gasteiger partial charge in [0.1, 0.15) is 0 Å². The molecule has 0 radical (unpaired) electrons. The number of hydrazine groups is 2. The lowest BCUT2D eigenvalue weighted by molar-refractivity contribution is -0.141. The number of carbonyl (C=O) groups excluding carboxylic acids is 1.